The van der Waals surface area contributed by atoms with Gasteiger partial charge in [0.1, 0.15) is 13.2 Å². The van der Waals surface area contributed by atoms with Gasteiger partial charge in [0.05, 0.1) is 0 Å². The molecule has 0 rings (SSSR count). The Morgan fingerprint density at radius 1 is 1.04 bits per heavy atom. The number of carbonyl (C=O) groups excluding carboxylic acids is 2. The molecule has 0 bridgehead atoms. The number of hydrogen-bond donors (Lipinski definition) is 0. The monoisotopic (exact) mass is 366 g/mol. The topological polar surface area (TPSA) is 107 Å². The van der Waals surface area contributed by atoms with Crippen molar-refractivity contribution in [3.63, 3.8) is 0 Å². The molecule has 0 radical (unpaired) electrons. The van der Waals surface area contributed by atoms with E-state index in [2.05, 4.69) is 13.2 Å². The van der Waals surface area contributed by atoms with E-state index in [1.807, 2.05) is 0 Å². The van der Waals surface area contributed by atoms with Gasteiger partial charge in [0.15, 0.2) is 11.6 Å². The van der Waals surface area contributed by atoms with Gasteiger partial charge in [-0.3, -0.25) is 18.7 Å². The molecule has 0 aromatic rings. The van der Waals surface area contributed by atoms with Gasteiger partial charge in [-0.15, -0.1) is 0 Å². The van der Waals surface area contributed by atoms with Crippen molar-refractivity contribution in [3.05, 3.63) is 25.3 Å². The van der Waals surface area contributed by atoms with E-state index in [9.17, 15) is 14.2 Å². The second-order valence-electron chi connectivity index (χ2n) is 4.22. The predicted molar refractivity (Wildman–Crippen MR) is 84.5 cm³/mol. The minimum absolute atomic E-state index is 0.521. The highest BCUT2D eigenvalue weighted by atomic mass is 31.2. The molecule has 0 aromatic carbocycles. The van der Waals surface area contributed by atoms with E-state index in [4.69, 9.17) is 28.0 Å². The van der Waals surface area contributed by atoms with Crippen molar-refractivity contribution >= 4 is 19.2 Å². The molecule has 0 saturated carbocycles. The van der Waals surface area contributed by atoms with E-state index in [0.717, 1.165) is 26.4 Å². The third-order valence-corrected chi connectivity index (χ3v) is 5.13. The standard InChI is InChI=1S/C14H23O9P/c1-7-11(15)9-22-14(20-5,13(18-3)19-4)24(17,21-6)23-10-12(16)8-2/h7-8,13H,1-2,9-10H2,3-6H3. The molecule has 9 nitrogen and oxygen atoms in total. The van der Waals surface area contributed by atoms with Gasteiger partial charge in [0.25, 0.3) is 0 Å². The van der Waals surface area contributed by atoms with E-state index in [1.54, 1.807) is 0 Å². The van der Waals surface area contributed by atoms with Crippen LogP contribution in [0.3, 0.4) is 0 Å². The van der Waals surface area contributed by atoms with Crippen molar-refractivity contribution in [1.29, 1.82) is 0 Å². The molecule has 138 valence electrons. The van der Waals surface area contributed by atoms with Gasteiger partial charge in [-0.1, -0.05) is 13.2 Å². The van der Waals surface area contributed by atoms with Gasteiger partial charge in [0.2, 0.25) is 6.29 Å². The maximum atomic E-state index is 13.1. The van der Waals surface area contributed by atoms with E-state index >= 15 is 0 Å². The van der Waals surface area contributed by atoms with Crippen LogP contribution in [0.1, 0.15) is 0 Å². The average molecular weight is 366 g/mol. The summed E-state index contributed by atoms with van der Waals surface area (Å²) >= 11 is 0. The molecule has 0 spiro atoms. The molecule has 24 heavy (non-hydrogen) atoms. The lowest BCUT2D eigenvalue weighted by atomic mass is 10.4. The van der Waals surface area contributed by atoms with Crippen LogP contribution in [0.4, 0.5) is 0 Å². The zero-order valence-corrected chi connectivity index (χ0v) is 15.1. The smallest absolute Gasteiger partial charge is 0.351 e. The van der Waals surface area contributed by atoms with Crippen molar-refractivity contribution in [1.82, 2.24) is 0 Å². The molecule has 0 aliphatic rings. The molecule has 0 amide bonds. The van der Waals surface area contributed by atoms with Crippen molar-refractivity contribution in [2.45, 2.75) is 11.8 Å². The Morgan fingerprint density at radius 3 is 1.92 bits per heavy atom. The van der Waals surface area contributed by atoms with Crippen LogP contribution in [0.5, 0.6) is 0 Å². The summed E-state index contributed by atoms with van der Waals surface area (Å²) < 4.78 is 43.8. The van der Waals surface area contributed by atoms with Crippen molar-refractivity contribution < 1.29 is 42.1 Å². The summed E-state index contributed by atoms with van der Waals surface area (Å²) in [6.07, 6.45) is 0.597. The first-order chi connectivity index (χ1) is 11.3. The second-order valence-corrected chi connectivity index (χ2v) is 6.46. The first-order valence-electron chi connectivity index (χ1n) is 6.66. The second kappa shape index (κ2) is 10.6. The fraction of sp³-hybridized carbons (Fsp3) is 0.571. The van der Waals surface area contributed by atoms with Crippen LogP contribution < -0.4 is 0 Å². The van der Waals surface area contributed by atoms with Crippen LogP contribution in [-0.2, 0) is 42.1 Å². The molecule has 0 aromatic heterocycles. The molecule has 0 fully saturated rings. The Bertz CT molecular complexity index is 500. The van der Waals surface area contributed by atoms with Crippen molar-refractivity contribution in [2.24, 2.45) is 0 Å². The lowest BCUT2D eigenvalue weighted by Gasteiger charge is -2.39. The first-order valence-corrected chi connectivity index (χ1v) is 8.20. The Hall–Kier alpha value is -1.19. The lowest BCUT2D eigenvalue weighted by molar-refractivity contribution is -0.295. The fourth-order valence-corrected chi connectivity index (χ4v) is 3.40. The number of rotatable bonds is 14. The summed E-state index contributed by atoms with van der Waals surface area (Å²) in [6, 6.07) is 0. The van der Waals surface area contributed by atoms with Gasteiger partial charge in [-0.05, 0) is 12.2 Å². The number of hydrogen-bond acceptors (Lipinski definition) is 9. The van der Waals surface area contributed by atoms with Gasteiger partial charge in [-0.25, -0.2) is 0 Å². The summed E-state index contributed by atoms with van der Waals surface area (Å²) in [7, 11) is 0.346. The molecule has 0 aliphatic carbocycles. The van der Waals surface area contributed by atoms with Crippen LogP contribution in [0.15, 0.2) is 25.3 Å². The number of ether oxygens (including phenoxy) is 4. The first kappa shape index (κ1) is 22.8. The Balaban J connectivity index is 5.85. The fourth-order valence-electron chi connectivity index (χ4n) is 1.65. The quantitative estimate of drug-likeness (QED) is 0.255. The van der Waals surface area contributed by atoms with Crippen molar-refractivity contribution in [3.8, 4) is 0 Å². The van der Waals surface area contributed by atoms with E-state index in [0.29, 0.717) is 0 Å². The van der Waals surface area contributed by atoms with Crippen LogP contribution >= 0.6 is 7.60 Å². The molecular weight excluding hydrogens is 343 g/mol. The number of methoxy groups -OCH3 is 3. The Morgan fingerprint density at radius 2 is 1.54 bits per heavy atom. The molecular formula is C14H23O9P. The number of carbonyl (C=O) groups is 2. The average Bonchev–Trinajstić information content (AvgIpc) is 2.62. The van der Waals surface area contributed by atoms with Gasteiger partial charge in [-0.2, -0.15) is 0 Å². The molecule has 0 saturated heterocycles. The van der Waals surface area contributed by atoms with E-state index in [-0.39, 0.29) is 0 Å². The third-order valence-electron chi connectivity index (χ3n) is 2.89. The van der Waals surface area contributed by atoms with Gasteiger partial charge in [0, 0.05) is 28.4 Å². The zero-order valence-electron chi connectivity index (χ0n) is 14.2. The van der Waals surface area contributed by atoms with E-state index in [1.165, 1.54) is 14.2 Å². The van der Waals surface area contributed by atoms with Gasteiger partial charge < -0.3 is 23.5 Å². The minimum atomic E-state index is -4.31. The Kier molecular flexibility index (Phi) is 10.1. The summed E-state index contributed by atoms with van der Waals surface area (Å²) in [5.74, 6) is -1.07. The molecule has 0 heterocycles. The summed E-state index contributed by atoms with van der Waals surface area (Å²) in [5.41, 5.74) is -2.26. The SMILES string of the molecule is C=CC(=O)COC(OC)(C(OC)OC)P(=O)(OC)OCC(=O)C=C. The zero-order chi connectivity index (χ0) is 18.8. The van der Waals surface area contributed by atoms with Crippen LogP contribution in [0.2, 0.25) is 0 Å². The maximum absolute atomic E-state index is 13.1. The molecule has 0 aliphatic heterocycles. The van der Waals surface area contributed by atoms with Crippen LogP contribution in [-0.4, -0.2) is 65.0 Å². The molecule has 2 atom stereocenters. The maximum Gasteiger partial charge on any atom is 0.395 e. The normalized spacial score (nSPS) is 16.2. The molecule has 2 unspecified atom stereocenters. The van der Waals surface area contributed by atoms with Gasteiger partial charge >= 0.3 is 13.1 Å². The highest BCUT2D eigenvalue weighted by Crippen LogP contribution is 2.62. The number of ketones is 2. The summed E-state index contributed by atoms with van der Waals surface area (Å²) in [5, 5.41) is 0. The van der Waals surface area contributed by atoms with Crippen LogP contribution in [0.25, 0.3) is 0 Å². The lowest BCUT2D eigenvalue weighted by Crippen LogP contribution is -2.50. The molecule has 10 heteroatoms. The minimum Gasteiger partial charge on any atom is -0.351 e. The van der Waals surface area contributed by atoms with Crippen LogP contribution in [0, 0.1) is 0 Å². The highest BCUT2D eigenvalue weighted by molar-refractivity contribution is 7.55. The summed E-state index contributed by atoms with van der Waals surface area (Å²) in [4.78, 5) is 22.9. The largest absolute Gasteiger partial charge is 0.395 e. The highest BCUT2D eigenvalue weighted by Gasteiger charge is 2.60. The Labute approximate surface area is 141 Å². The van der Waals surface area contributed by atoms with E-state index < -0.39 is 44.2 Å². The van der Waals surface area contributed by atoms with Crippen molar-refractivity contribution in [2.75, 3.05) is 41.7 Å². The summed E-state index contributed by atoms with van der Waals surface area (Å²) in [6.45, 7) is 5.41. The predicted octanol–water partition coefficient (Wildman–Crippen LogP) is 1.29. The third kappa shape index (κ3) is 5.15. The molecule has 0 N–H and O–H groups in total.